The molecule has 1 atom stereocenters. The van der Waals surface area contributed by atoms with Crippen LogP contribution in [0.3, 0.4) is 0 Å². The Balaban J connectivity index is 1.99. The third-order valence-corrected chi connectivity index (χ3v) is 6.35. The number of ketones is 1. The number of Topliss-reactive ketones (excluding diaryl/α,β-unsaturated/α-hetero) is 1. The summed E-state index contributed by atoms with van der Waals surface area (Å²) >= 11 is 5.82. The molecule has 0 saturated carbocycles. The van der Waals surface area contributed by atoms with Crippen LogP contribution in [0.2, 0.25) is 5.02 Å². The second-order valence-corrected chi connectivity index (χ2v) is 8.87. The van der Waals surface area contributed by atoms with Crippen LogP contribution < -0.4 is 4.72 Å². The minimum atomic E-state index is -3.92. The number of rotatable bonds is 7. The van der Waals surface area contributed by atoms with Crippen molar-refractivity contribution < 1.29 is 23.1 Å². The molecule has 0 unspecified atom stereocenters. The van der Waals surface area contributed by atoms with E-state index in [1.807, 2.05) is 0 Å². The third-order valence-electron chi connectivity index (χ3n) is 4.50. The Kier molecular flexibility index (Phi) is 6.79. The molecule has 26 heavy (non-hydrogen) atoms. The van der Waals surface area contributed by atoms with E-state index in [1.165, 1.54) is 4.31 Å². The van der Waals surface area contributed by atoms with Crippen LogP contribution in [0.5, 0.6) is 0 Å². The Bertz CT molecular complexity index is 756. The summed E-state index contributed by atoms with van der Waals surface area (Å²) < 4.78 is 28.3. The number of aliphatic carboxylic acids is 1. The van der Waals surface area contributed by atoms with Crippen molar-refractivity contribution >= 4 is 33.6 Å². The molecule has 1 aromatic carbocycles. The first-order chi connectivity index (χ1) is 12.1. The van der Waals surface area contributed by atoms with Crippen LogP contribution in [0, 0.1) is 11.8 Å². The van der Waals surface area contributed by atoms with Crippen molar-refractivity contribution in [2.45, 2.75) is 32.7 Å². The minimum Gasteiger partial charge on any atom is -0.480 e. The predicted molar refractivity (Wildman–Crippen MR) is 98.4 cm³/mol. The van der Waals surface area contributed by atoms with Crippen LogP contribution in [0.4, 0.5) is 0 Å². The number of carboxylic acid groups (broad SMARTS) is 1. The molecule has 1 aliphatic heterocycles. The Morgan fingerprint density at radius 3 is 2.19 bits per heavy atom. The molecule has 2 N–H and O–H groups in total. The molecule has 7 nitrogen and oxygen atoms in total. The van der Waals surface area contributed by atoms with Crippen LogP contribution in [0.15, 0.2) is 24.3 Å². The first kappa shape index (κ1) is 20.8. The molecule has 144 valence electrons. The zero-order valence-corrected chi connectivity index (χ0v) is 16.3. The van der Waals surface area contributed by atoms with Crippen LogP contribution in [0.25, 0.3) is 0 Å². The largest absolute Gasteiger partial charge is 0.480 e. The van der Waals surface area contributed by atoms with Crippen LogP contribution in [0.1, 0.15) is 37.0 Å². The van der Waals surface area contributed by atoms with Crippen LogP contribution in [-0.2, 0) is 15.0 Å². The highest BCUT2D eigenvalue weighted by Gasteiger charge is 2.35. The molecule has 0 amide bonds. The molecule has 1 fully saturated rings. The number of nitrogens with one attached hydrogen (secondary N) is 1. The zero-order valence-electron chi connectivity index (χ0n) is 14.7. The van der Waals surface area contributed by atoms with Crippen molar-refractivity contribution in [1.29, 1.82) is 0 Å². The van der Waals surface area contributed by atoms with E-state index in [0.717, 1.165) is 0 Å². The van der Waals surface area contributed by atoms with E-state index in [0.29, 0.717) is 23.4 Å². The number of hydrogen-bond acceptors (Lipinski definition) is 4. The van der Waals surface area contributed by atoms with Crippen LogP contribution in [-0.4, -0.2) is 48.7 Å². The average Bonchev–Trinajstić information content (AvgIpc) is 2.59. The number of carbonyl (C=O) groups excluding carboxylic acids is 1. The fourth-order valence-corrected chi connectivity index (χ4v) is 4.58. The quantitative estimate of drug-likeness (QED) is 0.680. The van der Waals surface area contributed by atoms with Gasteiger partial charge in [-0.1, -0.05) is 25.4 Å². The molecule has 0 aliphatic carbocycles. The molecule has 1 heterocycles. The molecular weight excluding hydrogens is 380 g/mol. The van der Waals surface area contributed by atoms with Gasteiger partial charge in [0.05, 0.1) is 0 Å². The van der Waals surface area contributed by atoms with Gasteiger partial charge in [-0.05, 0) is 43.0 Å². The molecule has 1 saturated heterocycles. The first-order valence-corrected chi connectivity index (χ1v) is 10.2. The Hall–Kier alpha value is -1.48. The maximum absolute atomic E-state index is 12.5. The number of benzene rings is 1. The lowest BCUT2D eigenvalue weighted by atomic mass is 9.90. The lowest BCUT2D eigenvalue weighted by molar-refractivity contribution is -0.140. The molecule has 1 aromatic rings. The summed E-state index contributed by atoms with van der Waals surface area (Å²) in [6.07, 6.45) is 0.781. The van der Waals surface area contributed by atoms with Crippen molar-refractivity contribution in [3.63, 3.8) is 0 Å². The average molecular weight is 403 g/mol. The van der Waals surface area contributed by atoms with Gasteiger partial charge in [-0.2, -0.15) is 17.4 Å². The summed E-state index contributed by atoms with van der Waals surface area (Å²) in [6.45, 7) is 3.62. The number of carbonyl (C=O) groups is 2. The fourth-order valence-electron chi connectivity index (χ4n) is 2.91. The third kappa shape index (κ3) is 5.03. The summed E-state index contributed by atoms with van der Waals surface area (Å²) in [6, 6.07) is 5.44. The number of hydrogen-bond donors (Lipinski definition) is 2. The topological polar surface area (TPSA) is 104 Å². The maximum Gasteiger partial charge on any atom is 0.322 e. The second kappa shape index (κ2) is 8.47. The first-order valence-electron chi connectivity index (χ1n) is 8.42. The van der Waals surface area contributed by atoms with Gasteiger partial charge >= 0.3 is 5.97 Å². The highest BCUT2D eigenvalue weighted by molar-refractivity contribution is 7.87. The summed E-state index contributed by atoms with van der Waals surface area (Å²) in [7, 11) is -3.92. The molecule has 0 spiro atoms. The van der Waals surface area contributed by atoms with E-state index < -0.39 is 22.2 Å². The fraction of sp³-hybridized carbons (Fsp3) is 0.529. The van der Waals surface area contributed by atoms with E-state index in [2.05, 4.69) is 4.72 Å². The molecule has 2 rings (SSSR count). The van der Waals surface area contributed by atoms with Gasteiger partial charge in [0, 0.05) is 29.6 Å². The lowest BCUT2D eigenvalue weighted by Crippen LogP contribution is -2.52. The van der Waals surface area contributed by atoms with Gasteiger partial charge in [-0.15, -0.1) is 0 Å². The Morgan fingerprint density at radius 1 is 1.19 bits per heavy atom. The predicted octanol–water partition coefficient (Wildman–Crippen LogP) is 2.18. The number of halogens is 1. The molecule has 0 aromatic heterocycles. The smallest absolute Gasteiger partial charge is 0.322 e. The summed E-state index contributed by atoms with van der Waals surface area (Å²) in [5, 5.41) is 9.71. The van der Waals surface area contributed by atoms with Gasteiger partial charge in [0.25, 0.3) is 10.2 Å². The number of piperidine rings is 1. The van der Waals surface area contributed by atoms with Crippen molar-refractivity contribution in [3.05, 3.63) is 34.9 Å². The van der Waals surface area contributed by atoms with E-state index in [-0.39, 0.29) is 30.7 Å². The van der Waals surface area contributed by atoms with Gasteiger partial charge in [-0.25, -0.2) is 0 Å². The zero-order chi connectivity index (χ0) is 19.5. The standard InChI is InChI=1S/C17H23ClN2O5S/c1-11(2)15(17(22)23)19-26(24,25)20-9-7-13(8-10-20)16(21)12-3-5-14(18)6-4-12/h3-6,11,13,15,19H,7-10H2,1-2H3,(H,22,23)/t15-/m1/s1. The van der Waals surface area contributed by atoms with Crippen molar-refractivity contribution in [2.75, 3.05) is 13.1 Å². The highest BCUT2D eigenvalue weighted by atomic mass is 35.5. The summed E-state index contributed by atoms with van der Waals surface area (Å²) in [4.78, 5) is 23.7. The van der Waals surface area contributed by atoms with Crippen molar-refractivity contribution in [2.24, 2.45) is 11.8 Å². The van der Waals surface area contributed by atoms with E-state index in [9.17, 15) is 18.0 Å². The summed E-state index contributed by atoms with van der Waals surface area (Å²) in [5.74, 6) is -1.89. The Morgan fingerprint density at radius 2 is 1.73 bits per heavy atom. The molecule has 0 radical (unpaired) electrons. The van der Waals surface area contributed by atoms with Gasteiger partial charge in [0.1, 0.15) is 6.04 Å². The normalized spacial score (nSPS) is 18.0. The molecular formula is C17H23ClN2O5S. The van der Waals surface area contributed by atoms with Crippen LogP contribution >= 0.6 is 11.6 Å². The minimum absolute atomic E-state index is 0.0303. The van der Waals surface area contributed by atoms with E-state index in [4.69, 9.17) is 16.7 Å². The molecule has 1 aliphatic rings. The van der Waals surface area contributed by atoms with Gasteiger partial charge in [0.15, 0.2) is 5.78 Å². The monoisotopic (exact) mass is 402 g/mol. The number of carboxylic acids is 1. The maximum atomic E-state index is 12.5. The SMILES string of the molecule is CC(C)[C@@H](NS(=O)(=O)N1CCC(C(=O)c2ccc(Cl)cc2)CC1)C(=O)O. The Labute approximate surface area is 158 Å². The highest BCUT2D eigenvalue weighted by Crippen LogP contribution is 2.24. The molecule has 0 bridgehead atoms. The summed E-state index contributed by atoms with van der Waals surface area (Å²) in [5.41, 5.74) is 0.555. The van der Waals surface area contributed by atoms with Crippen molar-refractivity contribution in [3.8, 4) is 0 Å². The van der Waals surface area contributed by atoms with E-state index >= 15 is 0 Å². The van der Waals surface area contributed by atoms with Gasteiger partial charge in [0.2, 0.25) is 0 Å². The lowest BCUT2D eigenvalue weighted by Gasteiger charge is -2.31. The van der Waals surface area contributed by atoms with E-state index in [1.54, 1.807) is 38.1 Å². The second-order valence-electron chi connectivity index (χ2n) is 6.73. The van der Waals surface area contributed by atoms with Gasteiger partial charge in [-0.3, -0.25) is 9.59 Å². The van der Waals surface area contributed by atoms with Gasteiger partial charge < -0.3 is 5.11 Å². The van der Waals surface area contributed by atoms with Crippen molar-refractivity contribution in [1.82, 2.24) is 9.03 Å². The number of nitrogens with zero attached hydrogens (tertiary/aromatic N) is 1. The molecule has 9 heteroatoms.